The first-order valence-corrected chi connectivity index (χ1v) is 8.57. The predicted molar refractivity (Wildman–Crippen MR) is 88.7 cm³/mol. The molecule has 2 atom stereocenters. The van der Waals surface area contributed by atoms with Crippen molar-refractivity contribution in [2.24, 2.45) is 5.73 Å². The molecule has 1 aromatic carbocycles. The number of nitrogens with two attached hydrogens (primary N) is 1. The Morgan fingerprint density at radius 1 is 1.45 bits per heavy atom. The SMILES string of the molecule is CSCC[C@H](N)C(=O)NC(C)Cc1ccc(Cl)cc1Cl. The summed E-state index contributed by atoms with van der Waals surface area (Å²) in [4.78, 5) is 11.9. The summed E-state index contributed by atoms with van der Waals surface area (Å²) in [7, 11) is 0. The van der Waals surface area contributed by atoms with Crippen LogP contribution in [0, 0.1) is 0 Å². The van der Waals surface area contributed by atoms with Crippen LogP contribution in [0.5, 0.6) is 0 Å². The minimum Gasteiger partial charge on any atom is -0.352 e. The molecule has 0 radical (unpaired) electrons. The van der Waals surface area contributed by atoms with Gasteiger partial charge >= 0.3 is 0 Å². The smallest absolute Gasteiger partial charge is 0.237 e. The summed E-state index contributed by atoms with van der Waals surface area (Å²) < 4.78 is 0. The van der Waals surface area contributed by atoms with Gasteiger partial charge in [0.25, 0.3) is 0 Å². The van der Waals surface area contributed by atoms with E-state index >= 15 is 0 Å². The predicted octanol–water partition coefficient (Wildman–Crippen LogP) is 3.12. The van der Waals surface area contributed by atoms with Gasteiger partial charge in [-0.15, -0.1) is 0 Å². The van der Waals surface area contributed by atoms with Crippen molar-refractivity contribution in [3.63, 3.8) is 0 Å². The zero-order valence-electron chi connectivity index (χ0n) is 11.7. The number of amides is 1. The van der Waals surface area contributed by atoms with Gasteiger partial charge in [0.15, 0.2) is 0 Å². The third-order valence-electron chi connectivity index (χ3n) is 2.90. The Labute approximate surface area is 134 Å². The normalized spacial score (nSPS) is 13.8. The van der Waals surface area contributed by atoms with E-state index in [1.54, 1.807) is 23.9 Å². The highest BCUT2D eigenvalue weighted by atomic mass is 35.5. The fourth-order valence-corrected chi connectivity index (χ4v) is 2.77. The number of hydrogen-bond donors (Lipinski definition) is 2. The van der Waals surface area contributed by atoms with Gasteiger partial charge in [-0.3, -0.25) is 4.79 Å². The third kappa shape index (κ3) is 5.92. The van der Waals surface area contributed by atoms with Crippen LogP contribution in [-0.2, 0) is 11.2 Å². The molecule has 0 aliphatic carbocycles. The Hall–Kier alpha value is -0.420. The van der Waals surface area contributed by atoms with Gasteiger partial charge in [0.2, 0.25) is 5.91 Å². The fraction of sp³-hybridized carbons (Fsp3) is 0.500. The van der Waals surface area contributed by atoms with Crippen LogP contribution in [0.3, 0.4) is 0 Å². The highest BCUT2D eigenvalue weighted by molar-refractivity contribution is 7.98. The maximum absolute atomic E-state index is 11.9. The number of rotatable bonds is 7. The number of carbonyl (C=O) groups excluding carboxylic acids is 1. The average Bonchev–Trinajstić information content (AvgIpc) is 2.39. The first-order valence-electron chi connectivity index (χ1n) is 6.43. The monoisotopic (exact) mass is 334 g/mol. The average molecular weight is 335 g/mol. The Morgan fingerprint density at radius 3 is 2.75 bits per heavy atom. The molecule has 1 amide bonds. The summed E-state index contributed by atoms with van der Waals surface area (Å²) in [6, 6.07) is 4.90. The molecule has 1 unspecified atom stereocenters. The molecule has 0 aliphatic heterocycles. The van der Waals surface area contributed by atoms with Crippen molar-refractivity contribution in [3.05, 3.63) is 33.8 Å². The second-order valence-corrected chi connectivity index (χ2v) is 6.57. The summed E-state index contributed by atoms with van der Waals surface area (Å²) >= 11 is 13.7. The Kier molecular flexibility index (Phi) is 7.74. The quantitative estimate of drug-likeness (QED) is 0.805. The van der Waals surface area contributed by atoms with E-state index < -0.39 is 6.04 Å². The van der Waals surface area contributed by atoms with Crippen molar-refractivity contribution < 1.29 is 4.79 Å². The van der Waals surface area contributed by atoms with E-state index in [1.165, 1.54) is 0 Å². The third-order valence-corrected chi connectivity index (χ3v) is 4.13. The first kappa shape index (κ1) is 17.6. The van der Waals surface area contributed by atoms with Crippen LogP contribution in [-0.4, -0.2) is 30.0 Å². The second kappa shape index (κ2) is 8.78. The molecule has 112 valence electrons. The van der Waals surface area contributed by atoms with Crippen LogP contribution in [0.1, 0.15) is 18.9 Å². The highest BCUT2D eigenvalue weighted by Crippen LogP contribution is 2.22. The van der Waals surface area contributed by atoms with E-state index in [0.717, 1.165) is 11.3 Å². The zero-order chi connectivity index (χ0) is 15.1. The van der Waals surface area contributed by atoms with E-state index in [-0.39, 0.29) is 11.9 Å². The largest absolute Gasteiger partial charge is 0.352 e. The summed E-state index contributed by atoms with van der Waals surface area (Å²) in [6.45, 7) is 1.93. The molecule has 0 aliphatic rings. The molecule has 20 heavy (non-hydrogen) atoms. The number of benzene rings is 1. The summed E-state index contributed by atoms with van der Waals surface area (Å²) in [6.07, 6.45) is 3.33. The van der Waals surface area contributed by atoms with Gasteiger partial charge in [-0.05, 0) is 49.5 Å². The molecule has 0 saturated carbocycles. The van der Waals surface area contributed by atoms with Gasteiger partial charge in [-0.1, -0.05) is 29.3 Å². The van der Waals surface area contributed by atoms with Crippen LogP contribution >= 0.6 is 35.0 Å². The lowest BCUT2D eigenvalue weighted by Gasteiger charge is -2.18. The van der Waals surface area contributed by atoms with Crippen molar-refractivity contribution in [1.29, 1.82) is 0 Å². The number of carbonyl (C=O) groups is 1. The fourth-order valence-electron chi connectivity index (χ4n) is 1.79. The van der Waals surface area contributed by atoms with Crippen LogP contribution in [0.4, 0.5) is 0 Å². The maximum atomic E-state index is 11.9. The summed E-state index contributed by atoms with van der Waals surface area (Å²) in [5.74, 6) is 0.767. The Bertz CT molecular complexity index is 457. The van der Waals surface area contributed by atoms with Gasteiger partial charge in [0, 0.05) is 16.1 Å². The minimum atomic E-state index is -0.453. The van der Waals surface area contributed by atoms with Crippen LogP contribution in [0.2, 0.25) is 10.0 Å². The van der Waals surface area contributed by atoms with Gasteiger partial charge in [-0.2, -0.15) is 11.8 Å². The standard InChI is InChI=1S/C14H20Cl2N2OS/c1-9(18-14(19)13(17)5-6-20-2)7-10-3-4-11(15)8-12(10)16/h3-4,8-9,13H,5-7,17H2,1-2H3,(H,18,19)/t9?,13-/m0/s1. The molecule has 0 saturated heterocycles. The molecular formula is C14H20Cl2N2OS. The highest BCUT2D eigenvalue weighted by Gasteiger charge is 2.16. The van der Waals surface area contributed by atoms with Gasteiger partial charge in [0.05, 0.1) is 6.04 Å². The molecule has 6 heteroatoms. The van der Waals surface area contributed by atoms with Gasteiger partial charge in [-0.25, -0.2) is 0 Å². The summed E-state index contributed by atoms with van der Waals surface area (Å²) in [5, 5.41) is 4.14. The van der Waals surface area contributed by atoms with Crippen molar-refractivity contribution in [2.45, 2.75) is 31.8 Å². The molecule has 3 N–H and O–H groups in total. The van der Waals surface area contributed by atoms with Crippen LogP contribution < -0.4 is 11.1 Å². The van der Waals surface area contributed by atoms with Gasteiger partial charge < -0.3 is 11.1 Å². The topological polar surface area (TPSA) is 55.1 Å². The summed E-state index contributed by atoms with van der Waals surface area (Å²) in [5.41, 5.74) is 6.79. The Morgan fingerprint density at radius 2 is 2.15 bits per heavy atom. The molecule has 0 fully saturated rings. The molecule has 3 nitrogen and oxygen atoms in total. The molecule has 1 rings (SSSR count). The van der Waals surface area contributed by atoms with Crippen molar-refractivity contribution >= 4 is 40.9 Å². The van der Waals surface area contributed by atoms with E-state index in [9.17, 15) is 4.79 Å². The number of hydrogen-bond acceptors (Lipinski definition) is 3. The van der Waals surface area contributed by atoms with Crippen molar-refractivity contribution in [2.75, 3.05) is 12.0 Å². The molecule has 1 aromatic rings. The molecular weight excluding hydrogens is 315 g/mol. The lowest BCUT2D eigenvalue weighted by Crippen LogP contribution is -2.45. The number of nitrogens with one attached hydrogen (secondary N) is 1. The first-order chi connectivity index (χ1) is 9.43. The number of halogens is 2. The van der Waals surface area contributed by atoms with Gasteiger partial charge in [0.1, 0.15) is 0 Å². The Balaban J connectivity index is 2.50. The van der Waals surface area contributed by atoms with Crippen LogP contribution in [0.25, 0.3) is 0 Å². The van der Waals surface area contributed by atoms with E-state index in [1.807, 2.05) is 19.2 Å². The second-order valence-electron chi connectivity index (χ2n) is 4.74. The minimum absolute atomic E-state index is 0.0264. The molecule has 0 aromatic heterocycles. The van der Waals surface area contributed by atoms with E-state index in [4.69, 9.17) is 28.9 Å². The van der Waals surface area contributed by atoms with Crippen molar-refractivity contribution in [1.82, 2.24) is 5.32 Å². The molecule has 0 bridgehead atoms. The van der Waals surface area contributed by atoms with Crippen LogP contribution in [0.15, 0.2) is 18.2 Å². The lowest BCUT2D eigenvalue weighted by atomic mass is 10.1. The van der Waals surface area contributed by atoms with E-state index in [0.29, 0.717) is 22.9 Å². The van der Waals surface area contributed by atoms with E-state index in [2.05, 4.69) is 5.32 Å². The molecule has 0 spiro atoms. The zero-order valence-corrected chi connectivity index (χ0v) is 14.0. The maximum Gasteiger partial charge on any atom is 0.237 e. The lowest BCUT2D eigenvalue weighted by molar-refractivity contribution is -0.122. The number of thioether (sulfide) groups is 1. The van der Waals surface area contributed by atoms with Crippen molar-refractivity contribution in [3.8, 4) is 0 Å². The molecule has 0 heterocycles.